The Kier molecular flexibility index (Phi) is 5.46. The van der Waals surface area contributed by atoms with Crippen LogP contribution in [-0.2, 0) is 10.8 Å². The predicted octanol–water partition coefficient (Wildman–Crippen LogP) is 11.4. The normalized spacial score (nSPS) is 15.0. The minimum absolute atomic E-state index is 0.232. The van der Waals surface area contributed by atoms with Gasteiger partial charge >= 0.3 is 0 Å². The van der Waals surface area contributed by atoms with Gasteiger partial charge in [0, 0.05) is 62.6 Å². The van der Waals surface area contributed by atoms with Crippen LogP contribution in [0.5, 0.6) is 0 Å². The molecule has 0 aliphatic carbocycles. The second-order valence-corrected chi connectivity index (χ2v) is 15.2. The van der Waals surface area contributed by atoms with E-state index >= 15 is 0 Å². The van der Waals surface area contributed by atoms with Gasteiger partial charge in [0.25, 0.3) is 0 Å². The summed E-state index contributed by atoms with van der Waals surface area (Å²) in [5.41, 5.74) is 16.4. The molecule has 0 unspecified atom stereocenters. The first kappa shape index (κ1) is 28.6. The average molecular weight is 658 g/mol. The molecular formula is C46H35N5. The van der Waals surface area contributed by atoms with Crippen LogP contribution in [0.15, 0.2) is 140 Å². The first-order valence-electron chi connectivity index (χ1n) is 17.8. The van der Waals surface area contributed by atoms with Crippen LogP contribution in [0.25, 0.3) is 55.1 Å². The summed E-state index contributed by atoms with van der Waals surface area (Å²) in [7, 11) is 0. The predicted molar refractivity (Wildman–Crippen MR) is 210 cm³/mol. The van der Waals surface area contributed by atoms with Crippen molar-refractivity contribution in [1.82, 2.24) is 19.1 Å². The quantitative estimate of drug-likeness (QED) is 0.190. The fraction of sp³-hybridized carbons (Fsp3) is 0.130. The lowest BCUT2D eigenvalue weighted by Gasteiger charge is -2.37. The summed E-state index contributed by atoms with van der Waals surface area (Å²) in [6.45, 7) is 9.47. The van der Waals surface area contributed by atoms with Gasteiger partial charge in [-0.05, 0) is 89.0 Å². The van der Waals surface area contributed by atoms with Crippen molar-refractivity contribution in [3.05, 3.63) is 162 Å². The summed E-state index contributed by atoms with van der Waals surface area (Å²) in [5.74, 6) is 0. The van der Waals surface area contributed by atoms with Crippen molar-refractivity contribution in [1.29, 1.82) is 0 Å². The maximum absolute atomic E-state index is 5.02. The summed E-state index contributed by atoms with van der Waals surface area (Å²) in [6, 6.07) is 44.6. The number of fused-ring (bicyclic) bond motifs is 10. The molecule has 0 atom stereocenters. The highest BCUT2D eigenvalue weighted by molar-refractivity contribution is 6.14. The third-order valence-corrected chi connectivity index (χ3v) is 11.8. The zero-order chi connectivity index (χ0) is 34.2. The van der Waals surface area contributed by atoms with E-state index in [2.05, 4.69) is 168 Å². The van der Waals surface area contributed by atoms with Crippen LogP contribution < -0.4 is 4.90 Å². The van der Waals surface area contributed by atoms with Gasteiger partial charge in [-0.15, -0.1) is 0 Å². The highest BCUT2D eigenvalue weighted by Crippen LogP contribution is 2.53. The van der Waals surface area contributed by atoms with Gasteiger partial charge in [-0.2, -0.15) is 0 Å². The molecule has 6 heterocycles. The topological polar surface area (TPSA) is 38.9 Å². The molecule has 5 heteroatoms. The van der Waals surface area contributed by atoms with Crippen molar-refractivity contribution >= 4 is 60.8 Å². The van der Waals surface area contributed by atoms with Crippen LogP contribution >= 0.6 is 0 Å². The average Bonchev–Trinajstić information content (AvgIpc) is 3.67. The highest BCUT2D eigenvalue weighted by Gasteiger charge is 2.38. The molecule has 0 bridgehead atoms. The summed E-state index contributed by atoms with van der Waals surface area (Å²) in [5, 5.41) is 3.54. The van der Waals surface area contributed by atoms with E-state index in [0.717, 1.165) is 33.5 Å². The van der Waals surface area contributed by atoms with Crippen molar-refractivity contribution in [2.45, 2.75) is 38.5 Å². The molecule has 51 heavy (non-hydrogen) atoms. The molecule has 4 aromatic heterocycles. The third kappa shape index (κ3) is 3.60. The van der Waals surface area contributed by atoms with Crippen LogP contribution in [0.1, 0.15) is 49.9 Å². The van der Waals surface area contributed by atoms with Crippen molar-refractivity contribution in [2.24, 2.45) is 0 Å². The number of aromatic nitrogens is 4. The minimum Gasteiger partial charge on any atom is -0.310 e. The number of anilines is 3. The maximum Gasteiger partial charge on any atom is 0.0964 e. The van der Waals surface area contributed by atoms with Crippen molar-refractivity contribution in [3.63, 3.8) is 0 Å². The lowest BCUT2D eigenvalue weighted by Crippen LogP contribution is -2.27. The summed E-state index contributed by atoms with van der Waals surface area (Å²) < 4.78 is 4.89. The zero-order valence-corrected chi connectivity index (χ0v) is 29.0. The van der Waals surface area contributed by atoms with E-state index in [1.54, 1.807) is 0 Å². The van der Waals surface area contributed by atoms with Gasteiger partial charge in [-0.25, -0.2) is 0 Å². The molecule has 0 saturated heterocycles. The molecule has 0 spiro atoms. The largest absolute Gasteiger partial charge is 0.310 e. The molecule has 9 aromatic rings. The van der Waals surface area contributed by atoms with Crippen LogP contribution in [0.4, 0.5) is 17.1 Å². The fourth-order valence-corrected chi connectivity index (χ4v) is 9.34. The number of rotatable bonds is 3. The Bertz CT molecular complexity index is 2740. The molecule has 0 N–H and O–H groups in total. The number of benzene rings is 5. The molecule has 0 fully saturated rings. The Morgan fingerprint density at radius 1 is 0.490 bits per heavy atom. The fourth-order valence-electron chi connectivity index (χ4n) is 9.34. The van der Waals surface area contributed by atoms with Crippen LogP contribution in [0.3, 0.4) is 0 Å². The molecule has 11 rings (SSSR count). The zero-order valence-electron chi connectivity index (χ0n) is 29.0. The van der Waals surface area contributed by atoms with Gasteiger partial charge in [-0.1, -0.05) is 82.3 Å². The molecule has 5 aromatic carbocycles. The molecule has 0 radical (unpaired) electrons. The van der Waals surface area contributed by atoms with E-state index in [1.807, 2.05) is 18.6 Å². The molecule has 5 nitrogen and oxygen atoms in total. The van der Waals surface area contributed by atoms with Crippen molar-refractivity contribution in [2.75, 3.05) is 4.90 Å². The summed E-state index contributed by atoms with van der Waals surface area (Å²) in [4.78, 5) is 12.1. The molecule has 0 saturated carbocycles. The van der Waals surface area contributed by atoms with E-state index in [0.29, 0.717) is 0 Å². The van der Waals surface area contributed by atoms with Crippen molar-refractivity contribution in [3.8, 4) is 11.4 Å². The number of hydrogen-bond donors (Lipinski definition) is 0. The van der Waals surface area contributed by atoms with Gasteiger partial charge < -0.3 is 14.0 Å². The van der Waals surface area contributed by atoms with Gasteiger partial charge in [0.1, 0.15) is 0 Å². The first-order chi connectivity index (χ1) is 24.8. The van der Waals surface area contributed by atoms with Crippen LogP contribution in [0.2, 0.25) is 0 Å². The van der Waals surface area contributed by atoms with Gasteiger partial charge in [-0.3, -0.25) is 9.97 Å². The molecule has 0 amide bonds. The highest BCUT2D eigenvalue weighted by atomic mass is 15.1. The van der Waals surface area contributed by atoms with Gasteiger partial charge in [0.2, 0.25) is 0 Å². The summed E-state index contributed by atoms with van der Waals surface area (Å²) in [6.07, 6.45) is 5.87. The SMILES string of the molecule is CC1(C)c2ccccc2-n2c3ccncc3c3cc(N(c4ccccc4)c4cc5c6c(c4)c4ncccc4n6-c4ccccc4C5(C)C)cc1c32. The van der Waals surface area contributed by atoms with Crippen LogP contribution in [-0.4, -0.2) is 19.1 Å². The van der Waals surface area contributed by atoms with Crippen molar-refractivity contribution < 1.29 is 0 Å². The number of hydrogen-bond acceptors (Lipinski definition) is 3. The first-order valence-corrected chi connectivity index (χ1v) is 17.8. The monoisotopic (exact) mass is 657 g/mol. The Labute approximate surface area is 296 Å². The van der Waals surface area contributed by atoms with Gasteiger partial charge in [0.05, 0.1) is 39.0 Å². The van der Waals surface area contributed by atoms with Gasteiger partial charge in [0.15, 0.2) is 0 Å². The smallest absolute Gasteiger partial charge is 0.0964 e. The minimum atomic E-state index is -0.238. The Morgan fingerprint density at radius 2 is 1.08 bits per heavy atom. The Balaban J connectivity index is 1.26. The van der Waals surface area contributed by atoms with Crippen LogP contribution in [0, 0.1) is 0 Å². The molecular weight excluding hydrogens is 623 g/mol. The molecule has 2 aliphatic rings. The number of para-hydroxylation sites is 3. The van der Waals surface area contributed by atoms with E-state index in [1.165, 1.54) is 61.0 Å². The lowest BCUT2D eigenvalue weighted by atomic mass is 9.74. The molecule has 244 valence electrons. The molecule has 2 aliphatic heterocycles. The third-order valence-electron chi connectivity index (χ3n) is 11.8. The van der Waals surface area contributed by atoms with E-state index in [4.69, 9.17) is 4.98 Å². The van der Waals surface area contributed by atoms with E-state index in [-0.39, 0.29) is 10.8 Å². The van der Waals surface area contributed by atoms with E-state index in [9.17, 15) is 0 Å². The maximum atomic E-state index is 5.02. The standard InChI is InChI=1S/C46H35N5/c1-45(2)34-15-8-10-17-39(34)50-38-20-22-47-27-33(38)31-23-29(25-36(45)43(31)50)49(28-13-6-5-7-14-28)30-24-32-42-41(19-12-21-48-42)51-40-18-11-9-16-35(40)46(3,4)37(26-30)44(32)51/h5-27H,1-4H3. The summed E-state index contributed by atoms with van der Waals surface area (Å²) >= 11 is 0. The number of nitrogens with zero attached hydrogens (tertiary/aromatic N) is 5. The van der Waals surface area contributed by atoms with E-state index < -0.39 is 0 Å². The second-order valence-electron chi connectivity index (χ2n) is 15.2. The Hall–Kier alpha value is -6.20. The number of pyridine rings is 2. The Morgan fingerprint density at radius 3 is 1.76 bits per heavy atom. The lowest BCUT2D eigenvalue weighted by molar-refractivity contribution is 0.630. The second kappa shape index (κ2) is 9.73.